The number of hydrogen-bond donors (Lipinski definition) is 0. The summed E-state index contributed by atoms with van der Waals surface area (Å²) in [7, 11) is 1.68. The summed E-state index contributed by atoms with van der Waals surface area (Å²) in [6.07, 6.45) is 0.880. The number of aromatic nitrogens is 2. The van der Waals surface area contributed by atoms with E-state index in [9.17, 15) is 9.59 Å². The van der Waals surface area contributed by atoms with E-state index in [4.69, 9.17) is 9.47 Å². The Hall–Kier alpha value is -2.34. The average molecular weight is 360 g/mol. The average Bonchev–Trinajstić information content (AvgIpc) is 3.07. The molecule has 0 unspecified atom stereocenters. The van der Waals surface area contributed by atoms with E-state index >= 15 is 0 Å². The zero-order chi connectivity index (χ0) is 19.3. The third kappa shape index (κ3) is 4.64. The molecule has 2 heterocycles. The lowest BCUT2D eigenvalue weighted by Gasteiger charge is -2.10. The second-order valence-corrected chi connectivity index (χ2v) is 6.57. The van der Waals surface area contributed by atoms with Crippen molar-refractivity contribution in [3.8, 4) is 0 Å². The summed E-state index contributed by atoms with van der Waals surface area (Å²) in [5, 5.41) is 0. The van der Waals surface area contributed by atoms with E-state index in [-0.39, 0.29) is 18.9 Å². The van der Waals surface area contributed by atoms with Gasteiger partial charge >= 0.3 is 5.97 Å². The van der Waals surface area contributed by atoms with Crippen LogP contribution in [0.4, 0.5) is 0 Å². The number of aryl methyl sites for hydroxylation is 3. The lowest BCUT2D eigenvalue weighted by molar-refractivity contribution is -0.143. The van der Waals surface area contributed by atoms with E-state index < -0.39 is 5.97 Å². The molecule has 6 heteroatoms. The molecular formula is C20H28N2O4. The monoisotopic (exact) mass is 360 g/mol. The van der Waals surface area contributed by atoms with Crippen LogP contribution in [-0.2, 0) is 27.4 Å². The van der Waals surface area contributed by atoms with E-state index in [2.05, 4.69) is 4.57 Å². The van der Waals surface area contributed by atoms with Crippen molar-refractivity contribution in [1.29, 1.82) is 0 Å². The predicted molar refractivity (Wildman–Crippen MR) is 99.6 cm³/mol. The molecule has 26 heavy (non-hydrogen) atoms. The summed E-state index contributed by atoms with van der Waals surface area (Å²) in [5.74, 6) is -0.583. The van der Waals surface area contributed by atoms with Crippen molar-refractivity contribution in [2.45, 2.75) is 47.2 Å². The molecule has 0 spiro atoms. The second kappa shape index (κ2) is 8.85. The van der Waals surface area contributed by atoms with Gasteiger partial charge in [0.2, 0.25) is 5.78 Å². The summed E-state index contributed by atoms with van der Waals surface area (Å²) >= 11 is 0. The molecule has 0 fully saturated rings. The molecule has 0 radical (unpaired) electrons. The van der Waals surface area contributed by atoms with Gasteiger partial charge < -0.3 is 18.6 Å². The number of esters is 1. The molecular weight excluding hydrogens is 332 g/mol. The first-order chi connectivity index (χ1) is 12.3. The number of methoxy groups -OCH3 is 1. The van der Waals surface area contributed by atoms with Gasteiger partial charge in [-0.1, -0.05) is 0 Å². The summed E-state index contributed by atoms with van der Waals surface area (Å²) in [6.45, 7) is 9.12. The molecule has 0 atom stereocenters. The Labute approximate surface area is 154 Å². The molecule has 0 bridgehead atoms. The van der Waals surface area contributed by atoms with Crippen molar-refractivity contribution in [2.24, 2.45) is 0 Å². The van der Waals surface area contributed by atoms with Crippen LogP contribution in [-0.4, -0.2) is 41.2 Å². The summed E-state index contributed by atoms with van der Waals surface area (Å²) < 4.78 is 14.3. The van der Waals surface area contributed by atoms with Crippen LogP contribution in [0.25, 0.3) is 0 Å². The Morgan fingerprint density at radius 1 is 1.00 bits per heavy atom. The zero-order valence-electron chi connectivity index (χ0n) is 16.3. The van der Waals surface area contributed by atoms with Gasteiger partial charge in [-0.3, -0.25) is 9.59 Å². The number of Topliss-reactive ketones (excluding diaryl/α,β-unsaturated/α-hetero) is 1. The molecule has 2 aromatic heterocycles. The van der Waals surface area contributed by atoms with Gasteiger partial charge in [0.1, 0.15) is 6.54 Å². The number of hydrogen-bond acceptors (Lipinski definition) is 4. The van der Waals surface area contributed by atoms with Crippen LogP contribution in [0.15, 0.2) is 18.2 Å². The summed E-state index contributed by atoms with van der Waals surface area (Å²) in [5.41, 5.74) is 4.51. The quantitative estimate of drug-likeness (QED) is 0.392. The molecule has 6 nitrogen and oxygen atoms in total. The number of ether oxygens (including phenoxy) is 2. The van der Waals surface area contributed by atoms with E-state index in [1.54, 1.807) is 7.11 Å². The maximum absolute atomic E-state index is 12.5. The zero-order valence-corrected chi connectivity index (χ0v) is 16.3. The third-order valence-corrected chi connectivity index (χ3v) is 4.67. The first kappa shape index (κ1) is 20.0. The van der Waals surface area contributed by atoms with Crippen LogP contribution in [0.1, 0.15) is 39.6 Å². The highest BCUT2D eigenvalue weighted by atomic mass is 16.5. The van der Waals surface area contributed by atoms with Crippen molar-refractivity contribution < 1.29 is 19.1 Å². The second-order valence-electron chi connectivity index (χ2n) is 6.57. The molecule has 0 amide bonds. The molecule has 0 aromatic carbocycles. The Bertz CT molecular complexity index is 767. The molecule has 0 saturated heterocycles. The Morgan fingerprint density at radius 2 is 1.65 bits per heavy atom. The van der Waals surface area contributed by atoms with E-state index in [1.165, 1.54) is 0 Å². The third-order valence-electron chi connectivity index (χ3n) is 4.67. The van der Waals surface area contributed by atoms with Gasteiger partial charge in [0.05, 0.1) is 0 Å². The minimum Gasteiger partial charge on any atom is -0.456 e. The fourth-order valence-corrected chi connectivity index (χ4v) is 3.14. The minimum absolute atomic E-state index is 0.119. The van der Waals surface area contributed by atoms with Crippen LogP contribution in [0, 0.1) is 27.7 Å². The number of rotatable bonds is 9. The molecule has 142 valence electrons. The fraction of sp³-hybridized carbons (Fsp3) is 0.500. The molecule has 0 saturated carbocycles. The maximum atomic E-state index is 12.5. The highest BCUT2D eigenvalue weighted by Crippen LogP contribution is 2.17. The largest absolute Gasteiger partial charge is 0.456 e. The van der Waals surface area contributed by atoms with E-state index in [0.717, 1.165) is 35.7 Å². The fourth-order valence-electron chi connectivity index (χ4n) is 3.14. The standard InChI is InChI=1S/C20H28N2O4/c1-14-7-8-15(2)22(14)12-20(24)26-13-19(23)18-11-16(3)21(17(18)4)9-6-10-25-5/h7-8,11H,6,9-10,12-13H2,1-5H3. The van der Waals surface area contributed by atoms with Crippen molar-refractivity contribution >= 4 is 11.8 Å². The Morgan fingerprint density at radius 3 is 2.27 bits per heavy atom. The first-order valence-corrected chi connectivity index (χ1v) is 8.82. The SMILES string of the molecule is COCCCn1c(C)cc(C(=O)COC(=O)Cn2c(C)ccc2C)c1C. The molecule has 2 rings (SSSR count). The normalized spacial score (nSPS) is 11.0. The van der Waals surface area contributed by atoms with Crippen molar-refractivity contribution in [2.75, 3.05) is 20.3 Å². The van der Waals surface area contributed by atoms with Crippen LogP contribution >= 0.6 is 0 Å². The lowest BCUT2D eigenvalue weighted by atomic mass is 10.1. The molecule has 0 aliphatic carbocycles. The maximum Gasteiger partial charge on any atom is 0.326 e. The number of ketones is 1. The summed E-state index contributed by atoms with van der Waals surface area (Å²) in [4.78, 5) is 24.5. The van der Waals surface area contributed by atoms with Crippen LogP contribution in [0.2, 0.25) is 0 Å². The molecule has 0 aliphatic rings. The van der Waals surface area contributed by atoms with Gasteiger partial charge in [0.15, 0.2) is 6.61 Å². The Balaban J connectivity index is 1.95. The van der Waals surface area contributed by atoms with Gasteiger partial charge in [-0.25, -0.2) is 0 Å². The van der Waals surface area contributed by atoms with Gasteiger partial charge in [-0.2, -0.15) is 0 Å². The number of carbonyl (C=O) groups is 2. The lowest BCUT2D eigenvalue weighted by Crippen LogP contribution is -2.20. The van der Waals surface area contributed by atoms with Crippen molar-refractivity contribution in [3.63, 3.8) is 0 Å². The Kier molecular flexibility index (Phi) is 6.80. The highest BCUT2D eigenvalue weighted by Gasteiger charge is 2.17. The molecule has 2 aromatic rings. The van der Waals surface area contributed by atoms with Crippen molar-refractivity contribution in [3.05, 3.63) is 46.5 Å². The van der Waals surface area contributed by atoms with Gasteiger partial charge in [0.25, 0.3) is 0 Å². The van der Waals surface area contributed by atoms with E-state index in [0.29, 0.717) is 12.2 Å². The summed E-state index contributed by atoms with van der Waals surface area (Å²) in [6, 6.07) is 5.76. The highest BCUT2D eigenvalue weighted by molar-refractivity contribution is 5.99. The van der Waals surface area contributed by atoms with Crippen LogP contribution in [0.3, 0.4) is 0 Å². The number of nitrogens with zero attached hydrogens (tertiary/aromatic N) is 2. The van der Waals surface area contributed by atoms with Gasteiger partial charge in [0, 0.05) is 48.6 Å². The van der Waals surface area contributed by atoms with Gasteiger partial charge in [-0.15, -0.1) is 0 Å². The topological polar surface area (TPSA) is 62.5 Å². The van der Waals surface area contributed by atoms with Crippen LogP contribution < -0.4 is 0 Å². The van der Waals surface area contributed by atoms with Crippen LogP contribution in [0.5, 0.6) is 0 Å². The molecule has 0 N–H and O–H groups in total. The van der Waals surface area contributed by atoms with Crippen molar-refractivity contribution in [1.82, 2.24) is 9.13 Å². The first-order valence-electron chi connectivity index (χ1n) is 8.82. The van der Waals surface area contributed by atoms with E-state index in [1.807, 2.05) is 50.5 Å². The smallest absolute Gasteiger partial charge is 0.326 e. The van der Waals surface area contributed by atoms with Gasteiger partial charge in [-0.05, 0) is 52.3 Å². The minimum atomic E-state index is -0.408. The predicted octanol–water partition coefficient (Wildman–Crippen LogP) is 2.99. The number of carbonyl (C=O) groups excluding carboxylic acids is 2. The molecule has 0 aliphatic heterocycles.